The zero-order chi connectivity index (χ0) is 12.5. The number of aromatic nitrogens is 1. The second-order valence-electron chi connectivity index (χ2n) is 3.51. The van der Waals surface area contributed by atoms with E-state index >= 15 is 0 Å². The standard InChI is InChI=1S/C12H19N3O2/c1-3-13-7-10-5-6-11(8-15-10)17-9-12(16)14-4-2/h5-6,8,13H,3-4,7,9H2,1-2H3,(H,14,16). The number of nitrogens with zero attached hydrogens (tertiary/aromatic N) is 1. The molecule has 1 amide bonds. The lowest BCUT2D eigenvalue weighted by molar-refractivity contribution is -0.122. The van der Waals surface area contributed by atoms with E-state index in [1.54, 1.807) is 6.20 Å². The number of amides is 1. The van der Waals surface area contributed by atoms with Crippen LogP contribution in [0.15, 0.2) is 18.3 Å². The third-order valence-corrected chi connectivity index (χ3v) is 2.10. The van der Waals surface area contributed by atoms with Crippen LogP contribution in [0, 0.1) is 0 Å². The van der Waals surface area contributed by atoms with Crippen molar-refractivity contribution < 1.29 is 9.53 Å². The van der Waals surface area contributed by atoms with Gasteiger partial charge >= 0.3 is 0 Å². The Morgan fingerprint density at radius 3 is 2.76 bits per heavy atom. The van der Waals surface area contributed by atoms with Gasteiger partial charge in [-0.2, -0.15) is 0 Å². The Kier molecular flexibility index (Phi) is 6.03. The summed E-state index contributed by atoms with van der Waals surface area (Å²) >= 11 is 0. The molecule has 5 nitrogen and oxygen atoms in total. The zero-order valence-corrected chi connectivity index (χ0v) is 10.3. The van der Waals surface area contributed by atoms with E-state index in [2.05, 4.69) is 15.6 Å². The van der Waals surface area contributed by atoms with Crippen molar-refractivity contribution in [2.75, 3.05) is 19.7 Å². The molecule has 1 heterocycles. The highest BCUT2D eigenvalue weighted by molar-refractivity contribution is 5.77. The summed E-state index contributed by atoms with van der Waals surface area (Å²) in [4.78, 5) is 15.4. The van der Waals surface area contributed by atoms with Gasteiger partial charge in [-0.1, -0.05) is 6.92 Å². The number of pyridine rings is 1. The van der Waals surface area contributed by atoms with E-state index in [1.165, 1.54) is 0 Å². The van der Waals surface area contributed by atoms with Gasteiger partial charge in [0.05, 0.1) is 11.9 Å². The number of likely N-dealkylation sites (N-methyl/N-ethyl adjacent to an activating group) is 1. The Morgan fingerprint density at radius 1 is 1.35 bits per heavy atom. The quantitative estimate of drug-likeness (QED) is 0.733. The number of hydrogen-bond donors (Lipinski definition) is 2. The van der Waals surface area contributed by atoms with Crippen molar-refractivity contribution in [3.63, 3.8) is 0 Å². The van der Waals surface area contributed by atoms with Crippen molar-refractivity contribution in [1.29, 1.82) is 0 Å². The maximum absolute atomic E-state index is 11.2. The predicted molar refractivity (Wildman–Crippen MR) is 65.8 cm³/mol. The third kappa shape index (κ3) is 5.31. The van der Waals surface area contributed by atoms with E-state index in [4.69, 9.17) is 4.74 Å². The van der Waals surface area contributed by atoms with Crippen molar-refractivity contribution in [1.82, 2.24) is 15.6 Å². The molecule has 1 rings (SSSR count). The van der Waals surface area contributed by atoms with Crippen molar-refractivity contribution in [3.05, 3.63) is 24.0 Å². The van der Waals surface area contributed by atoms with E-state index in [1.807, 2.05) is 26.0 Å². The van der Waals surface area contributed by atoms with E-state index < -0.39 is 0 Å². The molecule has 2 N–H and O–H groups in total. The molecule has 0 saturated heterocycles. The third-order valence-electron chi connectivity index (χ3n) is 2.10. The van der Waals surface area contributed by atoms with Crippen LogP contribution in [0.4, 0.5) is 0 Å². The Bertz CT molecular complexity index is 338. The number of carbonyl (C=O) groups excluding carboxylic acids is 1. The second kappa shape index (κ2) is 7.62. The molecule has 0 aliphatic carbocycles. The van der Waals surface area contributed by atoms with Crippen molar-refractivity contribution in [2.45, 2.75) is 20.4 Å². The fourth-order valence-electron chi connectivity index (χ4n) is 1.25. The van der Waals surface area contributed by atoms with E-state index in [0.29, 0.717) is 12.3 Å². The van der Waals surface area contributed by atoms with Gasteiger partial charge in [0.2, 0.25) is 0 Å². The molecular weight excluding hydrogens is 218 g/mol. The molecule has 0 spiro atoms. The lowest BCUT2D eigenvalue weighted by Gasteiger charge is -2.06. The molecule has 0 bridgehead atoms. The van der Waals surface area contributed by atoms with Crippen LogP contribution >= 0.6 is 0 Å². The van der Waals surface area contributed by atoms with Gasteiger partial charge in [-0.15, -0.1) is 0 Å². The number of ether oxygens (including phenoxy) is 1. The van der Waals surface area contributed by atoms with Gasteiger partial charge in [0.1, 0.15) is 5.75 Å². The molecule has 1 aromatic rings. The van der Waals surface area contributed by atoms with Crippen LogP contribution < -0.4 is 15.4 Å². The monoisotopic (exact) mass is 237 g/mol. The molecule has 94 valence electrons. The number of nitrogens with one attached hydrogen (secondary N) is 2. The number of rotatable bonds is 7. The van der Waals surface area contributed by atoms with Crippen LogP contribution in [0.25, 0.3) is 0 Å². The Hall–Kier alpha value is -1.62. The van der Waals surface area contributed by atoms with Crippen LogP contribution in [0.2, 0.25) is 0 Å². The molecule has 0 radical (unpaired) electrons. The molecule has 0 aromatic carbocycles. The van der Waals surface area contributed by atoms with E-state index in [9.17, 15) is 4.79 Å². The summed E-state index contributed by atoms with van der Waals surface area (Å²) in [6.07, 6.45) is 1.63. The van der Waals surface area contributed by atoms with Crippen LogP contribution in [-0.2, 0) is 11.3 Å². The Balaban J connectivity index is 2.37. The smallest absolute Gasteiger partial charge is 0.257 e. The van der Waals surface area contributed by atoms with Crippen LogP contribution in [0.5, 0.6) is 5.75 Å². The highest BCUT2D eigenvalue weighted by Crippen LogP contribution is 2.08. The first-order valence-electron chi connectivity index (χ1n) is 5.81. The fourth-order valence-corrected chi connectivity index (χ4v) is 1.25. The average molecular weight is 237 g/mol. The van der Waals surface area contributed by atoms with Gasteiger partial charge in [0, 0.05) is 13.1 Å². The van der Waals surface area contributed by atoms with Gasteiger partial charge < -0.3 is 15.4 Å². The highest BCUT2D eigenvalue weighted by Gasteiger charge is 2.01. The minimum Gasteiger partial charge on any atom is -0.482 e. The molecule has 0 fully saturated rings. The predicted octanol–water partition coefficient (Wildman–Crippen LogP) is 0.706. The molecule has 5 heteroatoms. The maximum atomic E-state index is 11.2. The van der Waals surface area contributed by atoms with Crippen molar-refractivity contribution in [3.8, 4) is 5.75 Å². The maximum Gasteiger partial charge on any atom is 0.257 e. The Labute approximate surface area is 102 Å². The Morgan fingerprint density at radius 2 is 2.18 bits per heavy atom. The minimum absolute atomic E-state index is 0.0298. The largest absolute Gasteiger partial charge is 0.482 e. The summed E-state index contributed by atoms with van der Waals surface area (Å²) in [7, 11) is 0. The molecule has 1 aromatic heterocycles. The summed E-state index contributed by atoms with van der Waals surface area (Å²) < 4.78 is 5.28. The molecule has 0 saturated carbocycles. The summed E-state index contributed by atoms with van der Waals surface area (Å²) in [6, 6.07) is 3.70. The normalized spacial score (nSPS) is 10.0. The second-order valence-corrected chi connectivity index (χ2v) is 3.51. The molecule has 17 heavy (non-hydrogen) atoms. The van der Waals surface area contributed by atoms with Gasteiger partial charge in [-0.3, -0.25) is 9.78 Å². The fraction of sp³-hybridized carbons (Fsp3) is 0.500. The summed E-state index contributed by atoms with van der Waals surface area (Å²) in [6.45, 7) is 6.22. The van der Waals surface area contributed by atoms with Crippen molar-refractivity contribution in [2.24, 2.45) is 0 Å². The number of carbonyl (C=O) groups is 1. The van der Waals surface area contributed by atoms with Crippen LogP contribution in [-0.4, -0.2) is 30.6 Å². The van der Waals surface area contributed by atoms with Crippen molar-refractivity contribution >= 4 is 5.91 Å². The average Bonchev–Trinajstić information content (AvgIpc) is 2.35. The van der Waals surface area contributed by atoms with Gasteiger partial charge in [0.25, 0.3) is 5.91 Å². The minimum atomic E-state index is -0.121. The molecule has 0 aliphatic heterocycles. The van der Waals surface area contributed by atoms with Crippen LogP contribution in [0.3, 0.4) is 0 Å². The topological polar surface area (TPSA) is 63.2 Å². The summed E-state index contributed by atoms with van der Waals surface area (Å²) in [5.41, 5.74) is 0.956. The molecule has 0 aliphatic rings. The summed E-state index contributed by atoms with van der Waals surface area (Å²) in [5.74, 6) is 0.487. The highest BCUT2D eigenvalue weighted by atomic mass is 16.5. The first-order valence-corrected chi connectivity index (χ1v) is 5.81. The SMILES string of the molecule is CCNCc1ccc(OCC(=O)NCC)cn1. The van der Waals surface area contributed by atoms with Gasteiger partial charge in [-0.05, 0) is 25.6 Å². The molecule has 0 unspecified atom stereocenters. The van der Waals surface area contributed by atoms with E-state index in [0.717, 1.165) is 18.8 Å². The van der Waals surface area contributed by atoms with E-state index in [-0.39, 0.29) is 12.5 Å². The first-order chi connectivity index (χ1) is 8.26. The lowest BCUT2D eigenvalue weighted by atomic mass is 10.3. The number of hydrogen-bond acceptors (Lipinski definition) is 4. The summed E-state index contributed by atoms with van der Waals surface area (Å²) in [5, 5.41) is 5.84. The molecular formula is C12H19N3O2. The molecule has 0 atom stereocenters. The van der Waals surface area contributed by atoms with Gasteiger partial charge in [-0.25, -0.2) is 0 Å². The lowest BCUT2D eigenvalue weighted by Crippen LogP contribution is -2.28. The zero-order valence-electron chi connectivity index (χ0n) is 10.3. The first kappa shape index (κ1) is 13.4. The van der Waals surface area contributed by atoms with Gasteiger partial charge in [0.15, 0.2) is 6.61 Å². The van der Waals surface area contributed by atoms with Crippen LogP contribution in [0.1, 0.15) is 19.5 Å².